The van der Waals surface area contributed by atoms with Gasteiger partial charge in [0.2, 0.25) is 0 Å². The van der Waals surface area contributed by atoms with Gasteiger partial charge in [-0.2, -0.15) is 0 Å². The Bertz CT molecular complexity index is 1110. The molecule has 0 unspecified atom stereocenters. The number of rotatable bonds is 4. The number of nitrogens with zero attached hydrogens (tertiary/aromatic N) is 3. The topological polar surface area (TPSA) is 77.2 Å². The van der Waals surface area contributed by atoms with Crippen LogP contribution in [-0.2, 0) is 6.61 Å². The molecule has 0 bridgehead atoms. The number of carboxylic acid groups (broad SMARTS) is 1. The number of carbonyl (C=O) groups is 1. The highest BCUT2D eigenvalue weighted by atomic mass is 35.5. The third kappa shape index (κ3) is 3.35. The average Bonchev–Trinajstić information content (AvgIpc) is 3.07. The fourth-order valence-corrected chi connectivity index (χ4v) is 3.02. The second-order valence-electron chi connectivity index (χ2n) is 5.80. The van der Waals surface area contributed by atoms with E-state index < -0.39 is 6.09 Å². The number of ether oxygens (including phenoxy) is 1. The van der Waals surface area contributed by atoms with Crippen molar-refractivity contribution in [1.82, 2.24) is 14.5 Å². The van der Waals surface area contributed by atoms with Crippen molar-refractivity contribution in [2.75, 3.05) is 0 Å². The molecule has 0 saturated carbocycles. The normalized spacial score (nSPS) is 10.9. The molecule has 1 N–H and O–H groups in total. The predicted molar refractivity (Wildman–Crippen MR) is 102 cm³/mol. The Morgan fingerprint density at radius 1 is 1.04 bits per heavy atom. The minimum atomic E-state index is -1.16. The Labute approximate surface area is 159 Å². The van der Waals surface area contributed by atoms with Gasteiger partial charge in [-0.3, -0.25) is 0 Å². The lowest BCUT2D eigenvalue weighted by Gasteiger charge is -2.08. The van der Waals surface area contributed by atoms with Gasteiger partial charge in [-0.1, -0.05) is 60.1 Å². The summed E-state index contributed by atoms with van der Waals surface area (Å²) in [6.07, 6.45) is -1.16. The van der Waals surface area contributed by atoms with E-state index in [1.54, 1.807) is 18.2 Å². The summed E-state index contributed by atoms with van der Waals surface area (Å²) < 4.78 is 6.77. The van der Waals surface area contributed by atoms with Crippen molar-refractivity contribution in [2.45, 2.75) is 6.61 Å². The van der Waals surface area contributed by atoms with Crippen LogP contribution in [0.5, 0.6) is 5.75 Å². The monoisotopic (exact) mass is 379 g/mol. The van der Waals surface area contributed by atoms with Crippen molar-refractivity contribution < 1.29 is 14.6 Å². The van der Waals surface area contributed by atoms with Gasteiger partial charge in [0, 0.05) is 5.56 Å². The molecule has 2 aromatic heterocycles. The number of aromatic nitrogens is 3. The van der Waals surface area contributed by atoms with Gasteiger partial charge in [0.1, 0.15) is 17.5 Å². The first-order valence-corrected chi connectivity index (χ1v) is 8.55. The van der Waals surface area contributed by atoms with Crippen molar-refractivity contribution >= 4 is 28.7 Å². The summed E-state index contributed by atoms with van der Waals surface area (Å²) >= 11 is 6.32. The second-order valence-corrected chi connectivity index (χ2v) is 6.15. The molecule has 0 aliphatic carbocycles. The summed E-state index contributed by atoms with van der Waals surface area (Å²) in [5.41, 5.74) is 1.40. The highest BCUT2D eigenvalue weighted by Gasteiger charge is 2.20. The first-order chi connectivity index (χ1) is 13.1. The highest BCUT2D eigenvalue weighted by Crippen LogP contribution is 2.28. The van der Waals surface area contributed by atoms with Crippen LogP contribution < -0.4 is 4.74 Å². The molecule has 27 heavy (non-hydrogen) atoms. The maximum atomic E-state index is 11.9. The van der Waals surface area contributed by atoms with Gasteiger partial charge in [-0.15, -0.1) is 0 Å². The number of hydrogen-bond donors (Lipinski definition) is 1. The molecule has 0 amide bonds. The first kappa shape index (κ1) is 17.1. The van der Waals surface area contributed by atoms with Crippen molar-refractivity contribution in [3.05, 3.63) is 77.6 Å². The number of para-hydroxylation sites is 1. The summed E-state index contributed by atoms with van der Waals surface area (Å²) in [5, 5.41) is 10.4. The average molecular weight is 380 g/mol. The van der Waals surface area contributed by atoms with Gasteiger partial charge in [-0.05, 0) is 18.2 Å². The smallest absolute Gasteiger partial charge is 0.417 e. The standard InChI is InChI=1S/C20H14ClN3O3/c21-17-16-11-14(12-27-15-9-5-2-6-10-15)24(20(25)26)19(16)23-18(22-17)13-7-3-1-4-8-13/h1-11H,12H2,(H,25,26). The lowest BCUT2D eigenvalue weighted by molar-refractivity contribution is 0.194. The maximum Gasteiger partial charge on any atom is 0.417 e. The Balaban J connectivity index is 1.80. The lowest BCUT2D eigenvalue weighted by Crippen LogP contribution is -2.14. The fraction of sp³-hybridized carbons (Fsp3) is 0.0500. The maximum absolute atomic E-state index is 11.9. The zero-order chi connectivity index (χ0) is 18.8. The van der Waals surface area contributed by atoms with Crippen LogP contribution in [0.3, 0.4) is 0 Å². The van der Waals surface area contributed by atoms with E-state index in [2.05, 4.69) is 9.97 Å². The van der Waals surface area contributed by atoms with Gasteiger partial charge < -0.3 is 9.84 Å². The number of fused-ring (bicyclic) bond motifs is 1. The van der Waals surface area contributed by atoms with E-state index in [1.165, 1.54) is 0 Å². The van der Waals surface area contributed by atoms with Crippen molar-refractivity contribution in [1.29, 1.82) is 0 Å². The zero-order valence-corrected chi connectivity index (χ0v) is 14.8. The molecule has 0 atom stereocenters. The molecule has 4 aromatic rings. The van der Waals surface area contributed by atoms with Gasteiger partial charge in [0.15, 0.2) is 11.5 Å². The summed E-state index contributed by atoms with van der Waals surface area (Å²) in [6, 6.07) is 20.1. The molecular weight excluding hydrogens is 366 g/mol. The summed E-state index contributed by atoms with van der Waals surface area (Å²) in [6.45, 7) is 0.0592. The Morgan fingerprint density at radius 3 is 2.37 bits per heavy atom. The molecule has 0 fully saturated rings. The minimum absolute atomic E-state index is 0.0592. The molecule has 0 aliphatic heterocycles. The van der Waals surface area contributed by atoms with E-state index in [-0.39, 0.29) is 17.4 Å². The molecular formula is C20H14ClN3O3. The van der Waals surface area contributed by atoms with E-state index >= 15 is 0 Å². The quantitative estimate of drug-likeness (QED) is 0.512. The molecule has 0 saturated heterocycles. The van der Waals surface area contributed by atoms with Gasteiger partial charge in [-0.25, -0.2) is 19.3 Å². The Morgan fingerprint density at radius 2 is 1.70 bits per heavy atom. The molecule has 0 radical (unpaired) electrons. The predicted octanol–water partition coefficient (Wildman–Crippen LogP) is 4.86. The third-order valence-electron chi connectivity index (χ3n) is 4.04. The van der Waals surface area contributed by atoms with Crippen molar-refractivity contribution in [3.8, 4) is 17.1 Å². The molecule has 0 aliphatic rings. The minimum Gasteiger partial charge on any atom is -0.487 e. The molecule has 2 aromatic carbocycles. The van der Waals surface area contributed by atoms with Gasteiger partial charge in [0.05, 0.1) is 11.1 Å². The molecule has 0 spiro atoms. The van der Waals surface area contributed by atoms with E-state index in [0.717, 1.165) is 10.1 Å². The van der Waals surface area contributed by atoms with Gasteiger partial charge in [0.25, 0.3) is 0 Å². The third-order valence-corrected chi connectivity index (χ3v) is 4.33. The molecule has 134 valence electrons. The number of hydrogen-bond acceptors (Lipinski definition) is 4. The van der Waals surface area contributed by atoms with E-state index in [1.807, 2.05) is 48.5 Å². The molecule has 4 rings (SSSR count). The van der Waals surface area contributed by atoms with Crippen LogP contribution in [-0.4, -0.2) is 25.7 Å². The van der Waals surface area contributed by atoms with Crippen LogP contribution in [0.1, 0.15) is 5.69 Å². The molecule has 7 heteroatoms. The largest absolute Gasteiger partial charge is 0.487 e. The van der Waals surface area contributed by atoms with Crippen LogP contribution in [0.15, 0.2) is 66.7 Å². The Kier molecular flexibility index (Phi) is 4.48. The van der Waals surface area contributed by atoms with Crippen molar-refractivity contribution in [3.63, 3.8) is 0 Å². The molecule has 2 heterocycles. The highest BCUT2D eigenvalue weighted by molar-refractivity contribution is 6.34. The van der Waals surface area contributed by atoms with Crippen LogP contribution in [0.25, 0.3) is 22.4 Å². The van der Waals surface area contributed by atoms with Crippen LogP contribution in [0.2, 0.25) is 5.15 Å². The van der Waals surface area contributed by atoms with Crippen LogP contribution >= 0.6 is 11.6 Å². The first-order valence-electron chi connectivity index (χ1n) is 8.18. The summed E-state index contributed by atoms with van der Waals surface area (Å²) in [5.74, 6) is 1.01. The SMILES string of the molecule is O=C(O)n1c(COc2ccccc2)cc2c(Cl)nc(-c3ccccc3)nc21. The van der Waals surface area contributed by atoms with E-state index in [4.69, 9.17) is 16.3 Å². The van der Waals surface area contributed by atoms with Crippen LogP contribution in [0.4, 0.5) is 4.79 Å². The number of halogens is 1. The van der Waals surface area contributed by atoms with E-state index in [0.29, 0.717) is 22.7 Å². The van der Waals surface area contributed by atoms with Gasteiger partial charge >= 0.3 is 6.09 Å². The number of benzene rings is 2. The van der Waals surface area contributed by atoms with E-state index in [9.17, 15) is 9.90 Å². The fourth-order valence-electron chi connectivity index (χ4n) is 2.80. The summed E-state index contributed by atoms with van der Waals surface area (Å²) in [4.78, 5) is 20.6. The lowest BCUT2D eigenvalue weighted by atomic mass is 10.2. The van der Waals surface area contributed by atoms with Crippen LogP contribution in [0, 0.1) is 0 Å². The summed E-state index contributed by atoms with van der Waals surface area (Å²) in [7, 11) is 0. The van der Waals surface area contributed by atoms with Crippen molar-refractivity contribution in [2.24, 2.45) is 0 Å². The Hall–Kier alpha value is -3.38. The zero-order valence-electron chi connectivity index (χ0n) is 14.0. The second kappa shape index (κ2) is 7.09. The molecule has 6 nitrogen and oxygen atoms in total.